The first-order chi connectivity index (χ1) is 9.15. The molecule has 1 atom stereocenters. The topological polar surface area (TPSA) is 9.23 Å². The fourth-order valence-corrected chi connectivity index (χ4v) is 3.62. The molecule has 0 bridgehead atoms. The van der Waals surface area contributed by atoms with Crippen molar-refractivity contribution < 1.29 is 4.74 Å². The molecule has 1 heterocycles. The highest BCUT2D eigenvalue weighted by Gasteiger charge is 2.18. The molecular formula is C15H11BrCl2O. The van der Waals surface area contributed by atoms with Crippen LogP contribution in [0.2, 0.25) is 5.02 Å². The number of rotatable bonds is 2. The number of hydrogen-bond donors (Lipinski definition) is 0. The predicted octanol–water partition coefficient (Wildman–Crippen LogP) is 5.37. The van der Waals surface area contributed by atoms with E-state index in [2.05, 4.69) is 22.0 Å². The Morgan fingerprint density at radius 3 is 2.79 bits per heavy atom. The first-order valence-corrected chi connectivity index (χ1v) is 7.60. The zero-order chi connectivity index (χ0) is 13.4. The quantitative estimate of drug-likeness (QED) is 0.657. The van der Waals surface area contributed by atoms with Gasteiger partial charge in [-0.2, -0.15) is 0 Å². The van der Waals surface area contributed by atoms with Gasteiger partial charge in [-0.3, -0.25) is 0 Å². The summed E-state index contributed by atoms with van der Waals surface area (Å²) in [4.78, 5) is 0. The van der Waals surface area contributed by atoms with E-state index in [0.29, 0.717) is 5.02 Å². The van der Waals surface area contributed by atoms with Gasteiger partial charge in [-0.15, -0.1) is 11.6 Å². The Hall–Kier alpha value is -0.700. The number of halogens is 3. The van der Waals surface area contributed by atoms with E-state index < -0.39 is 0 Å². The third-order valence-electron chi connectivity index (χ3n) is 3.24. The predicted molar refractivity (Wildman–Crippen MR) is 82.5 cm³/mol. The highest BCUT2D eigenvalue weighted by molar-refractivity contribution is 9.10. The third-order valence-corrected chi connectivity index (χ3v) is 4.65. The minimum absolute atomic E-state index is 0.197. The summed E-state index contributed by atoms with van der Waals surface area (Å²) >= 11 is 16.0. The Bertz CT molecular complexity index is 628. The van der Waals surface area contributed by atoms with Crippen molar-refractivity contribution in [3.63, 3.8) is 0 Å². The molecule has 1 aliphatic rings. The smallest absolute Gasteiger partial charge is 0.122 e. The lowest BCUT2D eigenvalue weighted by Crippen LogP contribution is -1.95. The Labute approximate surface area is 130 Å². The summed E-state index contributed by atoms with van der Waals surface area (Å²) < 4.78 is 6.44. The molecule has 1 aliphatic heterocycles. The van der Waals surface area contributed by atoms with Gasteiger partial charge >= 0.3 is 0 Å². The summed E-state index contributed by atoms with van der Waals surface area (Å²) in [5.74, 6) is 0.975. The van der Waals surface area contributed by atoms with Crippen LogP contribution in [0.3, 0.4) is 0 Å². The van der Waals surface area contributed by atoms with Crippen LogP contribution in [0.4, 0.5) is 0 Å². The Kier molecular flexibility index (Phi) is 3.75. The molecule has 2 aromatic carbocycles. The standard InChI is InChI=1S/C15H11BrCl2O/c16-13-8-11(17)2-3-12(13)15(18)10-1-4-14-9(7-10)5-6-19-14/h1-4,7-8,15H,5-6H2. The minimum Gasteiger partial charge on any atom is -0.493 e. The number of benzene rings is 2. The van der Waals surface area contributed by atoms with Crippen LogP contribution in [0.5, 0.6) is 5.75 Å². The average molecular weight is 358 g/mol. The molecule has 0 aromatic heterocycles. The van der Waals surface area contributed by atoms with Gasteiger partial charge in [0.1, 0.15) is 5.75 Å². The van der Waals surface area contributed by atoms with Crippen LogP contribution in [0.15, 0.2) is 40.9 Å². The van der Waals surface area contributed by atoms with E-state index in [1.807, 2.05) is 30.3 Å². The molecule has 3 rings (SSSR count). The maximum Gasteiger partial charge on any atom is 0.122 e. The second-order valence-electron chi connectivity index (χ2n) is 4.49. The summed E-state index contributed by atoms with van der Waals surface area (Å²) in [5.41, 5.74) is 3.33. The molecule has 0 saturated carbocycles. The summed E-state index contributed by atoms with van der Waals surface area (Å²) in [5, 5.41) is 0.499. The van der Waals surface area contributed by atoms with Gasteiger partial charge < -0.3 is 4.74 Å². The van der Waals surface area contributed by atoms with Crippen molar-refractivity contribution in [1.82, 2.24) is 0 Å². The molecule has 1 unspecified atom stereocenters. The van der Waals surface area contributed by atoms with Crippen molar-refractivity contribution in [2.24, 2.45) is 0 Å². The summed E-state index contributed by atoms with van der Waals surface area (Å²) in [6, 6.07) is 11.8. The fourth-order valence-electron chi connectivity index (χ4n) is 2.25. The molecule has 0 fully saturated rings. The largest absolute Gasteiger partial charge is 0.493 e. The van der Waals surface area contributed by atoms with Crippen molar-refractivity contribution in [3.8, 4) is 5.75 Å². The molecule has 0 N–H and O–H groups in total. The summed E-state index contributed by atoms with van der Waals surface area (Å²) in [7, 11) is 0. The second-order valence-corrected chi connectivity index (χ2v) is 6.22. The molecule has 0 aliphatic carbocycles. The van der Waals surface area contributed by atoms with Crippen LogP contribution in [0.25, 0.3) is 0 Å². The molecular weight excluding hydrogens is 347 g/mol. The maximum absolute atomic E-state index is 6.58. The van der Waals surface area contributed by atoms with E-state index in [4.69, 9.17) is 27.9 Å². The van der Waals surface area contributed by atoms with Gasteiger partial charge in [-0.1, -0.05) is 45.7 Å². The van der Waals surface area contributed by atoms with Crippen molar-refractivity contribution in [3.05, 3.63) is 62.6 Å². The van der Waals surface area contributed by atoms with E-state index in [-0.39, 0.29) is 5.38 Å². The molecule has 0 saturated heterocycles. The van der Waals surface area contributed by atoms with E-state index in [0.717, 1.165) is 34.4 Å². The van der Waals surface area contributed by atoms with Crippen LogP contribution in [-0.2, 0) is 6.42 Å². The lowest BCUT2D eigenvalue weighted by Gasteiger charge is -2.13. The van der Waals surface area contributed by atoms with Crippen LogP contribution >= 0.6 is 39.1 Å². The zero-order valence-corrected chi connectivity index (χ0v) is 13.1. The van der Waals surface area contributed by atoms with Gasteiger partial charge in [-0.05, 0) is 34.9 Å². The normalized spacial score (nSPS) is 14.9. The van der Waals surface area contributed by atoms with Crippen molar-refractivity contribution in [2.75, 3.05) is 6.61 Å². The van der Waals surface area contributed by atoms with Gasteiger partial charge in [0, 0.05) is 15.9 Å². The lowest BCUT2D eigenvalue weighted by molar-refractivity contribution is 0.357. The van der Waals surface area contributed by atoms with E-state index >= 15 is 0 Å². The monoisotopic (exact) mass is 356 g/mol. The van der Waals surface area contributed by atoms with Crippen LogP contribution in [0.1, 0.15) is 22.1 Å². The first-order valence-electron chi connectivity index (χ1n) is 6.00. The van der Waals surface area contributed by atoms with Crippen LogP contribution < -0.4 is 4.74 Å². The van der Waals surface area contributed by atoms with E-state index in [9.17, 15) is 0 Å². The molecule has 0 spiro atoms. The van der Waals surface area contributed by atoms with Crippen molar-refractivity contribution in [2.45, 2.75) is 11.8 Å². The minimum atomic E-state index is -0.197. The lowest BCUT2D eigenvalue weighted by atomic mass is 10.0. The molecule has 0 radical (unpaired) electrons. The van der Waals surface area contributed by atoms with Crippen molar-refractivity contribution in [1.29, 1.82) is 0 Å². The van der Waals surface area contributed by atoms with Crippen molar-refractivity contribution >= 4 is 39.1 Å². The first kappa shape index (κ1) is 13.3. The number of alkyl halides is 1. The summed E-state index contributed by atoms with van der Waals surface area (Å²) in [6.45, 7) is 0.760. The number of hydrogen-bond acceptors (Lipinski definition) is 1. The van der Waals surface area contributed by atoms with Crippen LogP contribution in [0, 0.1) is 0 Å². The molecule has 98 valence electrons. The second kappa shape index (κ2) is 5.35. The van der Waals surface area contributed by atoms with Crippen LogP contribution in [-0.4, -0.2) is 6.61 Å². The van der Waals surface area contributed by atoms with Gasteiger partial charge in [0.25, 0.3) is 0 Å². The number of fused-ring (bicyclic) bond motifs is 1. The SMILES string of the molecule is Clc1ccc(C(Cl)c2ccc3c(c2)CCO3)c(Br)c1. The molecule has 19 heavy (non-hydrogen) atoms. The van der Waals surface area contributed by atoms with Gasteiger partial charge in [0.2, 0.25) is 0 Å². The molecule has 0 amide bonds. The highest BCUT2D eigenvalue weighted by Crippen LogP contribution is 2.37. The fraction of sp³-hybridized carbons (Fsp3) is 0.200. The Morgan fingerprint density at radius 2 is 2.00 bits per heavy atom. The van der Waals surface area contributed by atoms with Gasteiger partial charge in [-0.25, -0.2) is 0 Å². The maximum atomic E-state index is 6.58. The van der Waals surface area contributed by atoms with Gasteiger partial charge in [0.05, 0.1) is 12.0 Å². The Balaban J connectivity index is 1.97. The molecule has 1 nitrogen and oxygen atoms in total. The Morgan fingerprint density at radius 1 is 1.16 bits per heavy atom. The zero-order valence-electron chi connectivity index (χ0n) is 10.00. The van der Waals surface area contributed by atoms with Gasteiger partial charge in [0.15, 0.2) is 0 Å². The molecule has 4 heteroatoms. The van der Waals surface area contributed by atoms with E-state index in [1.165, 1.54) is 5.56 Å². The third kappa shape index (κ3) is 2.62. The highest BCUT2D eigenvalue weighted by atomic mass is 79.9. The number of ether oxygens (including phenoxy) is 1. The molecule has 2 aromatic rings. The average Bonchev–Trinajstić information content (AvgIpc) is 2.85. The van der Waals surface area contributed by atoms with E-state index in [1.54, 1.807) is 0 Å². The summed E-state index contributed by atoms with van der Waals surface area (Å²) in [6.07, 6.45) is 0.953.